The van der Waals surface area contributed by atoms with Crippen molar-refractivity contribution in [2.24, 2.45) is 7.05 Å². The van der Waals surface area contributed by atoms with Crippen LogP contribution in [0, 0.1) is 0 Å². The molecule has 0 aromatic carbocycles. The number of carbonyl (C=O) groups is 2. The Morgan fingerprint density at radius 3 is 2.63 bits per heavy atom. The number of rotatable bonds is 2. The Bertz CT molecular complexity index is 823. The standard InChI is InChI=1S/C17H21N5O4S/c1-20-12-18-9-13(20)15(23)21-4-2-6-25-17(10-21)11-22(5-7-26-17)16(24)14-19-3-8-27-14/h3,8-9,12H,2,4-7,10-11H2,1H3. The molecule has 1 atom stereocenters. The van der Waals surface area contributed by atoms with Gasteiger partial charge in [-0.3, -0.25) is 9.59 Å². The molecule has 2 saturated heterocycles. The smallest absolute Gasteiger partial charge is 0.283 e. The fraction of sp³-hybridized carbons (Fsp3) is 0.529. The average Bonchev–Trinajstić information content (AvgIpc) is 3.31. The SMILES string of the molecule is Cn1cncc1C(=O)N1CCCOC2(CN(C(=O)c3nccs3)CCO2)C1. The van der Waals surface area contributed by atoms with E-state index in [4.69, 9.17) is 9.47 Å². The summed E-state index contributed by atoms with van der Waals surface area (Å²) in [6, 6.07) is 0. The van der Waals surface area contributed by atoms with E-state index in [-0.39, 0.29) is 24.9 Å². The van der Waals surface area contributed by atoms with E-state index < -0.39 is 5.79 Å². The summed E-state index contributed by atoms with van der Waals surface area (Å²) in [5.41, 5.74) is 0.513. The topological polar surface area (TPSA) is 89.8 Å². The zero-order chi connectivity index (χ0) is 18.9. The maximum Gasteiger partial charge on any atom is 0.283 e. The zero-order valence-electron chi connectivity index (χ0n) is 15.0. The minimum absolute atomic E-state index is 0.119. The van der Waals surface area contributed by atoms with Crippen LogP contribution in [0.5, 0.6) is 0 Å². The van der Waals surface area contributed by atoms with Crippen molar-refractivity contribution in [3.8, 4) is 0 Å². The van der Waals surface area contributed by atoms with Crippen LogP contribution in [0.2, 0.25) is 0 Å². The number of thiazole rings is 1. The van der Waals surface area contributed by atoms with Gasteiger partial charge in [-0.05, 0) is 6.42 Å². The summed E-state index contributed by atoms with van der Waals surface area (Å²) in [6.45, 7) is 2.38. The predicted molar refractivity (Wildman–Crippen MR) is 96.4 cm³/mol. The fourth-order valence-corrected chi connectivity index (χ4v) is 4.01. The fourth-order valence-electron chi connectivity index (χ4n) is 3.41. The van der Waals surface area contributed by atoms with Crippen molar-refractivity contribution in [1.29, 1.82) is 0 Å². The Morgan fingerprint density at radius 2 is 1.93 bits per heavy atom. The minimum atomic E-state index is -1.02. The lowest BCUT2D eigenvalue weighted by Gasteiger charge is -2.42. The summed E-state index contributed by atoms with van der Waals surface area (Å²) < 4.78 is 13.7. The van der Waals surface area contributed by atoms with Gasteiger partial charge in [-0.25, -0.2) is 9.97 Å². The van der Waals surface area contributed by atoms with E-state index in [1.807, 2.05) is 0 Å². The highest BCUT2D eigenvalue weighted by atomic mass is 32.1. The number of carbonyl (C=O) groups excluding carboxylic acids is 2. The molecule has 9 nitrogen and oxygen atoms in total. The molecule has 2 aliphatic heterocycles. The second-order valence-electron chi connectivity index (χ2n) is 6.64. The molecule has 0 saturated carbocycles. The van der Waals surface area contributed by atoms with Crippen LogP contribution in [0.25, 0.3) is 0 Å². The van der Waals surface area contributed by atoms with Crippen LogP contribution in [0.1, 0.15) is 26.7 Å². The van der Waals surface area contributed by atoms with Crippen LogP contribution in [-0.2, 0) is 16.5 Å². The molecule has 2 aliphatic rings. The van der Waals surface area contributed by atoms with Crippen LogP contribution in [0.3, 0.4) is 0 Å². The third-order valence-corrected chi connectivity index (χ3v) is 5.51. The average molecular weight is 391 g/mol. The van der Waals surface area contributed by atoms with Crippen molar-refractivity contribution in [2.45, 2.75) is 12.2 Å². The summed E-state index contributed by atoms with van der Waals surface area (Å²) in [4.78, 5) is 37.2. The van der Waals surface area contributed by atoms with E-state index in [9.17, 15) is 9.59 Å². The molecule has 4 rings (SSSR count). The van der Waals surface area contributed by atoms with Gasteiger partial charge in [0, 0.05) is 31.7 Å². The van der Waals surface area contributed by atoms with Crippen molar-refractivity contribution in [3.63, 3.8) is 0 Å². The van der Waals surface area contributed by atoms with Gasteiger partial charge in [0.1, 0.15) is 5.69 Å². The van der Waals surface area contributed by atoms with Crippen LogP contribution < -0.4 is 0 Å². The molecular formula is C17H21N5O4S. The van der Waals surface area contributed by atoms with Gasteiger partial charge in [-0.15, -0.1) is 11.3 Å². The van der Waals surface area contributed by atoms with Gasteiger partial charge in [-0.1, -0.05) is 0 Å². The number of hydrogen-bond donors (Lipinski definition) is 0. The molecule has 2 aromatic rings. The number of nitrogens with zero attached hydrogens (tertiary/aromatic N) is 5. The lowest BCUT2D eigenvalue weighted by atomic mass is 10.2. The first-order chi connectivity index (χ1) is 13.1. The molecule has 0 radical (unpaired) electrons. The number of aryl methyl sites for hydroxylation is 1. The van der Waals surface area contributed by atoms with Crippen LogP contribution in [-0.4, -0.2) is 81.3 Å². The van der Waals surface area contributed by atoms with E-state index in [0.717, 1.165) is 0 Å². The maximum absolute atomic E-state index is 12.9. The molecule has 2 aromatic heterocycles. The van der Waals surface area contributed by atoms with E-state index in [0.29, 0.717) is 43.4 Å². The van der Waals surface area contributed by atoms with Gasteiger partial charge in [0.25, 0.3) is 11.8 Å². The largest absolute Gasteiger partial charge is 0.347 e. The molecule has 27 heavy (non-hydrogen) atoms. The summed E-state index contributed by atoms with van der Waals surface area (Å²) in [5.74, 6) is -1.27. The molecule has 2 amide bonds. The van der Waals surface area contributed by atoms with Crippen molar-refractivity contribution >= 4 is 23.2 Å². The number of aromatic nitrogens is 3. The quantitative estimate of drug-likeness (QED) is 0.745. The molecule has 1 unspecified atom stereocenters. The summed E-state index contributed by atoms with van der Waals surface area (Å²) >= 11 is 1.31. The van der Waals surface area contributed by atoms with E-state index in [2.05, 4.69) is 9.97 Å². The number of imidazole rings is 1. The third-order valence-electron chi connectivity index (χ3n) is 4.75. The summed E-state index contributed by atoms with van der Waals surface area (Å²) in [7, 11) is 1.79. The van der Waals surface area contributed by atoms with Crippen LogP contribution >= 0.6 is 11.3 Å². The highest BCUT2D eigenvalue weighted by Crippen LogP contribution is 2.26. The molecule has 0 aliphatic carbocycles. The molecule has 0 bridgehead atoms. The lowest BCUT2D eigenvalue weighted by molar-refractivity contribution is -0.258. The zero-order valence-corrected chi connectivity index (χ0v) is 15.9. The van der Waals surface area contributed by atoms with Crippen molar-refractivity contribution < 1.29 is 19.1 Å². The van der Waals surface area contributed by atoms with Gasteiger partial charge in [0.2, 0.25) is 5.79 Å². The van der Waals surface area contributed by atoms with Gasteiger partial charge in [0.15, 0.2) is 5.01 Å². The van der Waals surface area contributed by atoms with Gasteiger partial charge in [-0.2, -0.15) is 0 Å². The normalized spacial score (nSPS) is 23.4. The second kappa shape index (κ2) is 7.37. The second-order valence-corrected chi connectivity index (χ2v) is 7.54. The van der Waals surface area contributed by atoms with Crippen molar-refractivity contribution in [3.05, 3.63) is 34.8 Å². The Hall–Kier alpha value is -2.30. The highest BCUT2D eigenvalue weighted by molar-refractivity contribution is 7.11. The van der Waals surface area contributed by atoms with Crippen molar-refractivity contribution in [1.82, 2.24) is 24.3 Å². The van der Waals surface area contributed by atoms with Crippen molar-refractivity contribution in [2.75, 3.05) is 39.4 Å². The first kappa shape index (κ1) is 18.1. The molecular weight excluding hydrogens is 370 g/mol. The summed E-state index contributed by atoms with van der Waals surface area (Å²) in [6.07, 6.45) is 5.48. The first-order valence-electron chi connectivity index (χ1n) is 8.80. The Labute approximate surface area is 160 Å². The third kappa shape index (κ3) is 3.60. The Morgan fingerprint density at radius 1 is 1.15 bits per heavy atom. The molecule has 2 fully saturated rings. The molecule has 4 heterocycles. The number of morpholine rings is 1. The van der Waals surface area contributed by atoms with Crippen LogP contribution in [0.15, 0.2) is 24.1 Å². The van der Waals surface area contributed by atoms with Gasteiger partial charge in [0.05, 0.1) is 38.8 Å². The monoisotopic (exact) mass is 391 g/mol. The number of amides is 2. The minimum Gasteiger partial charge on any atom is -0.347 e. The maximum atomic E-state index is 12.9. The number of hydrogen-bond acceptors (Lipinski definition) is 7. The highest BCUT2D eigenvalue weighted by Gasteiger charge is 2.44. The van der Waals surface area contributed by atoms with E-state index >= 15 is 0 Å². The Balaban J connectivity index is 1.53. The molecule has 144 valence electrons. The predicted octanol–water partition coefficient (Wildman–Crippen LogP) is 0.608. The van der Waals surface area contributed by atoms with Crippen LogP contribution in [0.4, 0.5) is 0 Å². The van der Waals surface area contributed by atoms with Gasteiger partial charge >= 0.3 is 0 Å². The number of ether oxygens (including phenoxy) is 2. The van der Waals surface area contributed by atoms with E-state index in [1.165, 1.54) is 11.3 Å². The summed E-state index contributed by atoms with van der Waals surface area (Å²) in [5, 5.41) is 2.23. The van der Waals surface area contributed by atoms with E-state index in [1.54, 1.807) is 45.5 Å². The Kier molecular flexibility index (Phi) is 4.94. The lowest BCUT2D eigenvalue weighted by Crippen LogP contribution is -2.59. The molecule has 1 spiro atoms. The first-order valence-corrected chi connectivity index (χ1v) is 9.68. The molecule has 10 heteroatoms. The molecule has 0 N–H and O–H groups in total. The van der Waals surface area contributed by atoms with Gasteiger partial charge < -0.3 is 23.8 Å².